The molecule has 0 aliphatic rings. The molecule has 5 aromatic carbocycles. The lowest BCUT2D eigenvalue weighted by molar-refractivity contribution is -0.660. The molecule has 1 unspecified atom stereocenters. The average Bonchev–Trinajstić information content (AvgIpc) is 1.65. The Balaban J connectivity index is 0.000000118. The van der Waals surface area contributed by atoms with Crippen molar-refractivity contribution in [2.75, 3.05) is 0 Å². The number of aryl methyl sites for hydroxylation is 18. The summed E-state index contributed by atoms with van der Waals surface area (Å²) in [5.41, 5.74) is 32.3. The van der Waals surface area contributed by atoms with E-state index in [1.807, 2.05) is 141 Å². The lowest BCUT2D eigenvalue weighted by atomic mass is 9.95. The minimum Gasteiger partial charge on any atom is -0.437 e. The maximum absolute atomic E-state index is 8.45. The van der Waals surface area contributed by atoms with E-state index in [0.717, 1.165) is 144 Å². The number of hydrogen-bond donors (Lipinski definition) is 0. The molecule has 15 aromatic heterocycles. The van der Waals surface area contributed by atoms with Gasteiger partial charge in [-0.3, -0.25) is 0 Å². The normalized spacial score (nSPS) is 13.6. The highest BCUT2D eigenvalue weighted by molar-refractivity contribution is 6.14. The van der Waals surface area contributed by atoms with Gasteiger partial charge >= 0.3 is 0 Å². The second-order valence-corrected chi connectivity index (χ2v) is 31.9. The molecule has 0 bridgehead atoms. The van der Waals surface area contributed by atoms with Crippen LogP contribution in [-0.4, -0.2) is 24.9 Å². The van der Waals surface area contributed by atoms with Crippen molar-refractivity contribution < 1.29 is 58.6 Å². The van der Waals surface area contributed by atoms with Crippen LogP contribution in [0.1, 0.15) is 137 Å². The van der Waals surface area contributed by atoms with Gasteiger partial charge in [0.05, 0.1) is 27.8 Å². The molecule has 0 saturated carbocycles. The summed E-state index contributed by atoms with van der Waals surface area (Å²) in [5.74, 6) is -1.23. The molecule has 15 heterocycles. The molecular weight excluding hydrogens is 1470 g/mol. The molecular formula is C104H103N10O5+5. The SMILES string of the molecule is Cc1cc(-c2c(C)cc(C)c3c2oc2ncccc23)[n+](C)cc1C.Cc1cc(C)c2c(oc3ncccc32)c1-c1cc(C(C)C)cc[n+]1C.[2H]C([2H])([2H])C([2H])(C)c1cc[n+](C)c(-c2c(C)ccc3c2oc2ncccc23)c1.[2H]C([2H])([2H])c1c[n+](C)c(-c2c(C)ccc3c2oc2ncccc23)cc1C.[2H]C([2H])([2H])c1ccc(-c2c(C)cc(C)c3c2oc2ncccc23)[n+](C)c1. The summed E-state index contributed by atoms with van der Waals surface area (Å²) >= 11 is 0. The van der Waals surface area contributed by atoms with Crippen LogP contribution in [0, 0.1) is 89.9 Å². The Morgan fingerprint density at radius 2 is 0.647 bits per heavy atom. The smallest absolute Gasteiger partial charge is 0.227 e. The van der Waals surface area contributed by atoms with Crippen molar-refractivity contribution in [3.8, 4) is 56.3 Å². The van der Waals surface area contributed by atoms with Crippen LogP contribution in [0.4, 0.5) is 0 Å². The molecule has 0 fully saturated rings. The summed E-state index contributed by atoms with van der Waals surface area (Å²) < 4.78 is 118. The molecule has 0 spiro atoms. The van der Waals surface area contributed by atoms with E-state index in [1.165, 1.54) is 62.6 Å². The van der Waals surface area contributed by atoms with E-state index in [4.69, 9.17) is 35.8 Å². The van der Waals surface area contributed by atoms with Crippen molar-refractivity contribution in [3.05, 3.63) is 297 Å². The van der Waals surface area contributed by atoms with Gasteiger partial charge in [0.25, 0.3) is 0 Å². The summed E-state index contributed by atoms with van der Waals surface area (Å²) in [6.45, 7) is 22.0. The molecule has 594 valence electrons. The topological polar surface area (TPSA) is 150 Å². The zero-order valence-corrected chi connectivity index (χ0v) is 70.8. The van der Waals surface area contributed by atoms with E-state index in [1.54, 1.807) is 67.8 Å². The zero-order chi connectivity index (χ0) is 92.3. The predicted molar refractivity (Wildman–Crippen MR) is 480 cm³/mol. The first-order valence-corrected chi connectivity index (χ1v) is 39.9. The van der Waals surface area contributed by atoms with Crippen LogP contribution < -0.4 is 22.8 Å². The molecule has 0 radical (unpaired) electrons. The Morgan fingerprint density at radius 1 is 0.294 bits per heavy atom. The Hall–Kier alpha value is -13.4. The first kappa shape index (κ1) is 67.7. The van der Waals surface area contributed by atoms with Crippen LogP contribution in [0.2, 0.25) is 0 Å². The highest BCUT2D eigenvalue weighted by atomic mass is 16.4. The summed E-state index contributed by atoms with van der Waals surface area (Å²) in [6.07, 6.45) is 18.2. The maximum atomic E-state index is 8.45. The third-order valence-electron chi connectivity index (χ3n) is 23.1. The Bertz CT molecular complexity index is 7880. The average molecular weight is 1580 g/mol. The molecule has 0 aliphatic heterocycles. The Morgan fingerprint density at radius 3 is 1.05 bits per heavy atom. The van der Waals surface area contributed by atoms with Gasteiger partial charge in [0.2, 0.25) is 57.0 Å². The van der Waals surface area contributed by atoms with Crippen molar-refractivity contribution >= 4 is 110 Å². The minimum absolute atomic E-state index is 0.316. The first-order valence-electron chi connectivity index (χ1n) is 44.9. The van der Waals surface area contributed by atoms with Gasteiger partial charge in [-0.05, 0) is 235 Å². The fourth-order valence-electron chi connectivity index (χ4n) is 16.8. The van der Waals surface area contributed by atoms with Crippen molar-refractivity contribution in [1.82, 2.24) is 24.9 Å². The van der Waals surface area contributed by atoms with Gasteiger partial charge < -0.3 is 22.1 Å². The van der Waals surface area contributed by atoms with E-state index < -0.39 is 26.4 Å². The number of rotatable bonds is 7. The van der Waals surface area contributed by atoms with Crippen LogP contribution in [0.5, 0.6) is 0 Å². The lowest BCUT2D eigenvalue weighted by Crippen LogP contribution is -2.31. The quantitative estimate of drug-likeness (QED) is 0.141. The van der Waals surface area contributed by atoms with Gasteiger partial charge in [-0.25, -0.2) is 47.8 Å². The van der Waals surface area contributed by atoms with Gasteiger partial charge in [-0.1, -0.05) is 70.1 Å². The van der Waals surface area contributed by atoms with Gasteiger partial charge in [-0.15, -0.1) is 0 Å². The van der Waals surface area contributed by atoms with Crippen molar-refractivity contribution in [1.29, 1.82) is 0 Å². The second-order valence-electron chi connectivity index (χ2n) is 31.9. The fourth-order valence-corrected chi connectivity index (χ4v) is 16.8. The molecule has 20 aromatic rings. The Labute approximate surface area is 708 Å². The number of pyridine rings is 10. The fraction of sp³-hybridized carbons (Fsp3) is 0.231. The zero-order valence-electron chi connectivity index (χ0n) is 80.8. The standard InChI is InChI=1S/C22H23N2O.2C21H21N2O.2C20H19N2O/c1-13(2)16-8-10-24(5)18(12-16)20-15(4)11-14(3)19-17-7-6-9-23-22(17)25-21(19)20;1-12-10-17(23(5)11-15(12)4)19-14(3)9-13(2)18-16-7-6-8-22-21(16)24-20(18)19;1-13(2)15-9-11-23(4)18(12-15)19-14(3)7-8-16-17-6-5-10-22-21(17)24-20(16)19;1-12-7-8-15-16-6-5-9-21-20(16)23-19(15)18(12)17-10-13(2)14(3)11-22(17)4;1-12-7-8-16(22(4)11-12)18-14(3)10-13(2)17-15-6-5-9-21-20(15)23-19(17)18/h6-13H,1-5H3;6-11H,1-5H3;5-13H,1-4H3;2*5-11H,1-4H3/q5*+1/i;;1D3,13D;3D3;1D3. The number of furan rings is 5. The first-order chi connectivity index (χ1) is 61.1. The summed E-state index contributed by atoms with van der Waals surface area (Å²) in [5, 5.41) is 10.4. The van der Waals surface area contributed by atoms with E-state index in [9.17, 15) is 0 Å². The number of fused-ring (bicyclic) bond motifs is 15. The van der Waals surface area contributed by atoms with Gasteiger partial charge in [0.1, 0.15) is 35.2 Å². The third-order valence-corrected chi connectivity index (χ3v) is 23.1. The molecule has 0 aliphatic carbocycles. The van der Waals surface area contributed by atoms with Crippen molar-refractivity contribution in [3.63, 3.8) is 0 Å². The van der Waals surface area contributed by atoms with Gasteiger partial charge in [0, 0.05) is 158 Å². The molecule has 0 saturated heterocycles. The molecule has 15 nitrogen and oxygen atoms in total. The largest absolute Gasteiger partial charge is 0.437 e. The lowest BCUT2D eigenvalue weighted by Gasteiger charge is -2.10. The Kier molecular flexibility index (Phi) is 18.2. The summed E-state index contributed by atoms with van der Waals surface area (Å²) in [4.78, 5) is 21.8. The van der Waals surface area contributed by atoms with Crippen LogP contribution >= 0.6 is 0 Å². The summed E-state index contributed by atoms with van der Waals surface area (Å²) in [7, 11) is 9.80. The van der Waals surface area contributed by atoms with Crippen LogP contribution in [0.15, 0.2) is 236 Å². The predicted octanol–water partition coefficient (Wildman–Crippen LogP) is 23.6. The third kappa shape index (κ3) is 14.6. The van der Waals surface area contributed by atoms with Crippen molar-refractivity contribution in [2.24, 2.45) is 35.2 Å². The molecule has 119 heavy (non-hydrogen) atoms. The van der Waals surface area contributed by atoms with E-state index in [-0.39, 0.29) is 0 Å². The highest BCUT2D eigenvalue weighted by Crippen LogP contribution is 2.44. The van der Waals surface area contributed by atoms with Crippen LogP contribution in [0.25, 0.3) is 167 Å². The van der Waals surface area contributed by atoms with Crippen LogP contribution in [-0.2, 0) is 35.2 Å². The van der Waals surface area contributed by atoms with Gasteiger partial charge in [-0.2, -0.15) is 0 Å². The monoisotopic (exact) mass is 1580 g/mol. The second kappa shape index (κ2) is 31.9. The molecule has 0 N–H and O–H groups in total. The summed E-state index contributed by atoms with van der Waals surface area (Å²) in [6, 6.07) is 50.2. The maximum Gasteiger partial charge on any atom is 0.227 e. The van der Waals surface area contributed by atoms with Gasteiger partial charge in [0.15, 0.2) is 58.9 Å². The minimum atomic E-state index is -2.44. The number of aromatic nitrogens is 10. The number of nitrogens with zero attached hydrogens (tertiary/aromatic N) is 10. The highest BCUT2D eigenvalue weighted by Gasteiger charge is 2.29. The number of benzene rings is 5. The van der Waals surface area contributed by atoms with Crippen molar-refractivity contribution in [2.45, 2.75) is 129 Å². The molecule has 15 heteroatoms. The molecule has 20 rings (SSSR count). The van der Waals surface area contributed by atoms with E-state index in [2.05, 4.69) is 177 Å². The van der Waals surface area contributed by atoms with E-state index >= 15 is 0 Å². The van der Waals surface area contributed by atoms with E-state index in [0.29, 0.717) is 56.8 Å². The molecule has 1 atom stereocenters. The number of hydrogen-bond acceptors (Lipinski definition) is 10. The molecule has 0 amide bonds. The van der Waals surface area contributed by atoms with Crippen LogP contribution in [0.3, 0.4) is 0 Å².